The minimum atomic E-state index is -0.277. The van der Waals surface area contributed by atoms with E-state index in [2.05, 4.69) is 74.4 Å². The molecule has 0 unspecified atom stereocenters. The number of aryl methyl sites for hydroxylation is 4. The quantitative estimate of drug-likeness (QED) is 0.161. The van der Waals surface area contributed by atoms with Crippen LogP contribution in [0.25, 0.3) is 22.2 Å². The van der Waals surface area contributed by atoms with Crippen molar-refractivity contribution in [2.75, 3.05) is 49.7 Å². The number of benzene rings is 2. The first-order chi connectivity index (χ1) is 20.4. The van der Waals surface area contributed by atoms with Crippen LogP contribution in [0.4, 0.5) is 23.0 Å². The molecular weight excluding hydrogens is 526 g/mol. The van der Waals surface area contributed by atoms with E-state index in [0.29, 0.717) is 24.5 Å². The molecule has 0 fully saturated rings. The number of aliphatic hydroxyl groups is 1. The molecule has 9 nitrogen and oxygen atoms in total. The van der Waals surface area contributed by atoms with Gasteiger partial charge in [0.05, 0.1) is 22.6 Å². The SMILES string of the molecule is C=CC(=O)Nc1cc(Nc2ncc(CCCO)c(-c3cn4c5c(cccc35)CCC4)n2)c(CC)cc1NCCN(C)C. The van der Waals surface area contributed by atoms with Crippen LogP contribution in [-0.4, -0.2) is 64.2 Å². The predicted octanol–water partition coefficient (Wildman–Crippen LogP) is 5.37. The first kappa shape index (κ1) is 29.3. The zero-order valence-electron chi connectivity index (χ0n) is 24.8. The number of hydrogen-bond acceptors (Lipinski definition) is 7. The molecule has 0 radical (unpaired) electrons. The molecule has 1 aliphatic heterocycles. The molecule has 1 amide bonds. The monoisotopic (exact) mass is 567 g/mol. The van der Waals surface area contributed by atoms with E-state index in [9.17, 15) is 9.90 Å². The molecule has 0 saturated carbocycles. The number of anilines is 4. The van der Waals surface area contributed by atoms with Gasteiger partial charge in [0.1, 0.15) is 0 Å². The number of amides is 1. The highest BCUT2D eigenvalue weighted by molar-refractivity contribution is 6.02. The van der Waals surface area contributed by atoms with Gasteiger partial charge >= 0.3 is 0 Å². The summed E-state index contributed by atoms with van der Waals surface area (Å²) in [6.07, 6.45) is 9.66. The van der Waals surface area contributed by atoms with Gasteiger partial charge in [-0.15, -0.1) is 0 Å². The molecule has 3 heterocycles. The zero-order valence-corrected chi connectivity index (χ0v) is 24.8. The van der Waals surface area contributed by atoms with Gasteiger partial charge in [-0.3, -0.25) is 4.79 Å². The topological polar surface area (TPSA) is 107 Å². The molecule has 0 bridgehead atoms. The van der Waals surface area contributed by atoms with E-state index in [4.69, 9.17) is 4.98 Å². The highest BCUT2D eigenvalue weighted by Crippen LogP contribution is 2.37. The Morgan fingerprint density at radius 2 is 2.05 bits per heavy atom. The van der Waals surface area contributed by atoms with E-state index in [1.165, 1.54) is 22.5 Å². The van der Waals surface area contributed by atoms with Crippen LogP contribution in [-0.2, 0) is 30.6 Å². The van der Waals surface area contributed by atoms with Crippen molar-refractivity contribution in [2.24, 2.45) is 0 Å². The average molecular weight is 568 g/mol. The standard InChI is InChI=1S/C33H41N7O2/c1-5-22-18-28(34-14-16-39(3)4)29(36-30(42)6-2)19-27(22)37-33-35-20-24(12-9-17-41)31(38-33)26-21-40-15-8-11-23-10-7-13-25(26)32(23)40/h6-7,10,13,18-21,34,41H,2,5,8-9,11-12,14-17H2,1,3-4H3,(H,36,42)(H,35,37,38). The smallest absolute Gasteiger partial charge is 0.247 e. The second-order valence-electron chi connectivity index (χ2n) is 11.0. The molecule has 0 saturated heterocycles. The highest BCUT2D eigenvalue weighted by Gasteiger charge is 2.21. The molecule has 0 atom stereocenters. The van der Waals surface area contributed by atoms with Gasteiger partial charge in [0.25, 0.3) is 0 Å². The lowest BCUT2D eigenvalue weighted by atomic mass is 9.99. The van der Waals surface area contributed by atoms with Crippen LogP contribution in [0.2, 0.25) is 0 Å². The first-order valence-corrected chi connectivity index (χ1v) is 14.8. The molecule has 2 aromatic heterocycles. The Bertz CT molecular complexity index is 1590. The molecule has 0 aliphatic carbocycles. The molecule has 2 aromatic carbocycles. The van der Waals surface area contributed by atoms with E-state index in [1.54, 1.807) is 0 Å². The Hall–Kier alpha value is -4.21. The van der Waals surface area contributed by atoms with Crippen molar-refractivity contribution in [3.8, 4) is 11.3 Å². The summed E-state index contributed by atoms with van der Waals surface area (Å²) in [7, 11) is 4.06. The minimum Gasteiger partial charge on any atom is -0.396 e. The Morgan fingerprint density at radius 1 is 1.19 bits per heavy atom. The first-order valence-electron chi connectivity index (χ1n) is 14.8. The maximum Gasteiger partial charge on any atom is 0.247 e. The van der Waals surface area contributed by atoms with Gasteiger partial charge in [-0.1, -0.05) is 31.7 Å². The number of para-hydroxylation sites is 1. The third-order valence-corrected chi connectivity index (χ3v) is 7.74. The number of rotatable bonds is 13. The summed E-state index contributed by atoms with van der Waals surface area (Å²) >= 11 is 0. The Labute approximate surface area is 247 Å². The number of carbonyl (C=O) groups is 1. The van der Waals surface area contributed by atoms with Gasteiger partial charge in [0, 0.05) is 55.3 Å². The van der Waals surface area contributed by atoms with Gasteiger partial charge in [-0.2, -0.15) is 0 Å². The van der Waals surface area contributed by atoms with Gasteiger partial charge in [-0.05, 0) is 81.1 Å². The second kappa shape index (κ2) is 13.2. The van der Waals surface area contributed by atoms with Crippen molar-refractivity contribution in [1.29, 1.82) is 0 Å². The second-order valence-corrected chi connectivity index (χ2v) is 11.0. The lowest BCUT2D eigenvalue weighted by Gasteiger charge is -2.19. The number of nitrogens with zero attached hydrogens (tertiary/aromatic N) is 4. The molecule has 9 heteroatoms. The largest absolute Gasteiger partial charge is 0.396 e. The Kier molecular flexibility index (Phi) is 9.19. The van der Waals surface area contributed by atoms with E-state index in [-0.39, 0.29) is 12.5 Å². The normalized spacial score (nSPS) is 12.5. The molecule has 220 valence electrons. The summed E-state index contributed by atoms with van der Waals surface area (Å²) < 4.78 is 2.35. The highest BCUT2D eigenvalue weighted by atomic mass is 16.3. The summed E-state index contributed by atoms with van der Waals surface area (Å²) in [5.41, 5.74) is 9.03. The third-order valence-electron chi connectivity index (χ3n) is 7.74. The fourth-order valence-corrected chi connectivity index (χ4v) is 5.62. The number of aromatic nitrogens is 3. The Balaban J connectivity index is 1.55. The maximum absolute atomic E-state index is 12.3. The Morgan fingerprint density at radius 3 is 2.81 bits per heavy atom. The number of likely N-dealkylation sites (N-methyl/N-ethyl adjacent to an activating group) is 1. The summed E-state index contributed by atoms with van der Waals surface area (Å²) in [6, 6.07) is 10.5. The maximum atomic E-state index is 12.3. The lowest BCUT2D eigenvalue weighted by Crippen LogP contribution is -2.21. The minimum absolute atomic E-state index is 0.110. The molecule has 0 spiro atoms. The summed E-state index contributed by atoms with van der Waals surface area (Å²) in [6.45, 7) is 8.40. The van der Waals surface area contributed by atoms with E-state index >= 15 is 0 Å². The average Bonchev–Trinajstić information content (AvgIpc) is 3.37. The number of aliphatic hydroxyl groups excluding tert-OH is 1. The molecule has 1 aliphatic rings. The van der Waals surface area contributed by atoms with E-state index in [1.807, 2.05) is 26.4 Å². The number of hydrogen-bond donors (Lipinski definition) is 4. The third kappa shape index (κ3) is 6.32. The van der Waals surface area contributed by atoms with Crippen LogP contribution >= 0.6 is 0 Å². The van der Waals surface area contributed by atoms with Gasteiger partial charge in [0.15, 0.2) is 0 Å². The van der Waals surface area contributed by atoms with Crippen LogP contribution in [0.5, 0.6) is 0 Å². The molecular formula is C33H41N7O2. The molecule has 4 aromatic rings. The lowest BCUT2D eigenvalue weighted by molar-refractivity contribution is -0.111. The van der Waals surface area contributed by atoms with Crippen LogP contribution < -0.4 is 16.0 Å². The van der Waals surface area contributed by atoms with Crippen LogP contribution in [0, 0.1) is 0 Å². The molecule has 4 N–H and O–H groups in total. The zero-order chi connectivity index (χ0) is 29.6. The predicted molar refractivity (Wildman–Crippen MR) is 172 cm³/mol. The van der Waals surface area contributed by atoms with Gasteiger partial charge < -0.3 is 30.5 Å². The number of carbonyl (C=O) groups excluding carboxylic acids is 1. The van der Waals surface area contributed by atoms with Crippen molar-refractivity contribution >= 4 is 39.8 Å². The van der Waals surface area contributed by atoms with Crippen molar-refractivity contribution in [2.45, 2.75) is 45.6 Å². The van der Waals surface area contributed by atoms with Gasteiger partial charge in [0.2, 0.25) is 11.9 Å². The summed E-state index contributed by atoms with van der Waals surface area (Å²) in [5.74, 6) is 0.203. The van der Waals surface area contributed by atoms with Gasteiger partial charge in [-0.25, -0.2) is 9.97 Å². The number of nitrogens with one attached hydrogen (secondary N) is 3. The summed E-state index contributed by atoms with van der Waals surface area (Å²) in [4.78, 5) is 24.2. The molecule has 5 rings (SSSR count). The van der Waals surface area contributed by atoms with E-state index < -0.39 is 0 Å². The molecule has 42 heavy (non-hydrogen) atoms. The van der Waals surface area contributed by atoms with Crippen molar-refractivity contribution in [1.82, 2.24) is 19.4 Å². The van der Waals surface area contributed by atoms with Crippen LogP contribution in [0.1, 0.15) is 36.5 Å². The van der Waals surface area contributed by atoms with Crippen molar-refractivity contribution < 1.29 is 9.90 Å². The van der Waals surface area contributed by atoms with Crippen LogP contribution in [0.15, 0.2) is 55.4 Å². The fourth-order valence-electron chi connectivity index (χ4n) is 5.62. The van der Waals surface area contributed by atoms with Crippen molar-refractivity contribution in [3.63, 3.8) is 0 Å². The van der Waals surface area contributed by atoms with E-state index in [0.717, 1.165) is 72.7 Å². The fraction of sp³-hybridized carbons (Fsp3) is 0.364. The van der Waals surface area contributed by atoms with Crippen LogP contribution in [0.3, 0.4) is 0 Å². The summed E-state index contributed by atoms with van der Waals surface area (Å²) in [5, 5.41) is 20.6. The van der Waals surface area contributed by atoms with Crippen molar-refractivity contribution in [3.05, 3.63) is 72.1 Å².